The van der Waals surface area contributed by atoms with Crippen molar-refractivity contribution in [1.29, 1.82) is 0 Å². The first-order valence-corrected chi connectivity index (χ1v) is 12.8. The Bertz CT molecular complexity index is 1010. The molecule has 0 radical (unpaired) electrons. The first-order chi connectivity index (χ1) is 14.3. The summed E-state index contributed by atoms with van der Waals surface area (Å²) in [6.07, 6.45) is 2.32. The fraction of sp³-hybridized carbons (Fsp3) is 0.111. The van der Waals surface area contributed by atoms with E-state index in [1.165, 1.54) is 37.9 Å². The van der Waals surface area contributed by atoms with Crippen molar-refractivity contribution in [2.45, 2.75) is 18.5 Å². The van der Waals surface area contributed by atoms with Crippen LogP contribution in [0, 0.1) is 0 Å². The van der Waals surface area contributed by atoms with Crippen LogP contribution < -0.4 is 15.9 Å². The molecular weight excluding hydrogens is 435 g/mol. The minimum absolute atomic E-state index is 0.488. The molecule has 4 aromatic rings. The van der Waals surface area contributed by atoms with E-state index < -0.39 is 7.26 Å². The summed E-state index contributed by atoms with van der Waals surface area (Å²) in [5.74, 6) is 0. The van der Waals surface area contributed by atoms with Crippen LogP contribution in [0.3, 0.4) is 0 Å². The van der Waals surface area contributed by atoms with Gasteiger partial charge in [0.25, 0.3) is 0 Å². The molecule has 0 saturated heterocycles. The molecule has 0 spiro atoms. The van der Waals surface area contributed by atoms with E-state index in [0.29, 0.717) is 5.66 Å². The van der Waals surface area contributed by atoms with Crippen molar-refractivity contribution in [3.8, 4) is 0 Å². The molecule has 0 amide bonds. The SMILES string of the molecule is Brc1cccc2c1CCC2[P+](c1ccccc1)(c1ccccc1)c1ccccc1. The standard InChI is InChI=1S/C27H23BrP/c28-26-18-10-17-25-24(26)19-20-27(25)29(21-11-4-1-5-12-21,22-13-6-2-7-14-22)23-15-8-3-9-16-23/h1-18,27H,19-20H2/q+1. The minimum atomic E-state index is -1.87. The second kappa shape index (κ2) is 7.90. The van der Waals surface area contributed by atoms with Crippen LogP contribution >= 0.6 is 23.2 Å². The predicted octanol–water partition coefficient (Wildman–Crippen LogP) is 6.43. The number of benzene rings is 4. The Morgan fingerprint density at radius 1 is 0.586 bits per heavy atom. The fourth-order valence-corrected chi connectivity index (χ4v) is 10.6. The zero-order valence-electron chi connectivity index (χ0n) is 16.2. The van der Waals surface area contributed by atoms with Gasteiger partial charge in [0.2, 0.25) is 0 Å². The Kier molecular flexibility index (Phi) is 5.12. The number of halogens is 1. The Balaban J connectivity index is 1.87. The normalized spacial score (nSPS) is 15.8. The molecule has 0 aromatic heterocycles. The van der Waals surface area contributed by atoms with E-state index in [1.807, 2.05) is 0 Å². The van der Waals surface area contributed by atoms with E-state index in [9.17, 15) is 0 Å². The topological polar surface area (TPSA) is 0 Å². The Labute approximate surface area is 182 Å². The van der Waals surface area contributed by atoms with Gasteiger partial charge in [0, 0.05) is 4.47 Å². The van der Waals surface area contributed by atoms with Gasteiger partial charge in [0.15, 0.2) is 0 Å². The molecule has 2 heteroatoms. The second-order valence-electron chi connectivity index (χ2n) is 7.59. The van der Waals surface area contributed by atoms with Crippen molar-refractivity contribution < 1.29 is 0 Å². The summed E-state index contributed by atoms with van der Waals surface area (Å²) in [7, 11) is -1.87. The average Bonchev–Trinajstić information content (AvgIpc) is 3.23. The zero-order valence-corrected chi connectivity index (χ0v) is 18.7. The number of fused-ring (bicyclic) bond motifs is 1. The molecule has 0 aliphatic heterocycles. The zero-order chi connectivity index (χ0) is 19.7. The molecule has 1 aliphatic rings. The van der Waals surface area contributed by atoms with Crippen LogP contribution in [0.5, 0.6) is 0 Å². The second-order valence-corrected chi connectivity index (χ2v) is 12.1. The highest BCUT2D eigenvalue weighted by atomic mass is 79.9. The van der Waals surface area contributed by atoms with Crippen molar-refractivity contribution in [1.82, 2.24) is 0 Å². The molecule has 1 atom stereocenters. The third-order valence-corrected chi connectivity index (χ3v) is 11.7. The van der Waals surface area contributed by atoms with Gasteiger partial charge in [-0.1, -0.05) is 82.7 Å². The Morgan fingerprint density at radius 2 is 1.07 bits per heavy atom. The van der Waals surface area contributed by atoms with Crippen LogP contribution in [0.15, 0.2) is 114 Å². The summed E-state index contributed by atoms with van der Waals surface area (Å²) < 4.78 is 1.25. The summed E-state index contributed by atoms with van der Waals surface area (Å²) in [6, 6.07) is 40.5. The monoisotopic (exact) mass is 457 g/mol. The number of rotatable bonds is 4. The molecule has 142 valence electrons. The summed E-state index contributed by atoms with van der Waals surface area (Å²) in [6.45, 7) is 0. The molecule has 0 heterocycles. The molecule has 0 N–H and O–H groups in total. The molecule has 0 saturated carbocycles. The van der Waals surface area contributed by atoms with Crippen molar-refractivity contribution >= 4 is 39.1 Å². The highest BCUT2D eigenvalue weighted by Gasteiger charge is 2.54. The van der Waals surface area contributed by atoms with Crippen LogP contribution in [-0.4, -0.2) is 0 Å². The Hall–Kier alpha value is -2.21. The molecular formula is C27H23BrP+. The smallest absolute Gasteiger partial charge is 0.0620 e. The molecule has 1 unspecified atom stereocenters. The van der Waals surface area contributed by atoms with Gasteiger partial charge in [-0.2, -0.15) is 0 Å². The molecule has 0 fully saturated rings. The third kappa shape index (κ3) is 3.08. The van der Waals surface area contributed by atoms with Gasteiger partial charge in [-0.05, 0) is 66.4 Å². The first kappa shape index (κ1) is 18.8. The Morgan fingerprint density at radius 3 is 1.55 bits per heavy atom. The van der Waals surface area contributed by atoms with Gasteiger partial charge in [-0.3, -0.25) is 0 Å². The quantitative estimate of drug-likeness (QED) is 0.309. The van der Waals surface area contributed by atoms with E-state index in [-0.39, 0.29) is 0 Å². The average molecular weight is 458 g/mol. The van der Waals surface area contributed by atoms with Gasteiger partial charge in [-0.15, -0.1) is 0 Å². The number of hydrogen-bond acceptors (Lipinski definition) is 0. The van der Waals surface area contributed by atoms with Crippen molar-refractivity contribution in [3.05, 3.63) is 125 Å². The predicted molar refractivity (Wildman–Crippen MR) is 130 cm³/mol. The van der Waals surface area contributed by atoms with Crippen LogP contribution in [0.1, 0.15) is 23.2 Å². The minimum Gasteiger partial charge on any atom is -0.0620 e. The summed E-state index contributed by atoms with van der Waals surface area (Å²) in [5.41, 5.74) is 3.50. The molecule has 29 heavy (non-hydrogen) atoms. The highest BCUT2D eigenvalue weighted by molar-refractivity contribution is 9.10. The maximum atomic E-state index is 3.82. The van der Waals surface area contributed by atoms with E-state index in [4.69, 9.17) is 0 Å². The summed E-state index contributed by atoms with van der Waals surface area (Å²) in [4.78, 5) is 0. The van der Waals surface area contributed by atoms with Crippen LogP contribution in [-0.2, 0) is 6.42 Å². The molecule has 1 aliphatic carbocycles. The van der Waals surface area contributed by atoms with Gasteiger partial charge in [0.05, 0.1) is 0 Å². The van der Waals surface area contributed by atoms with Gasteiger partial charge in [0.1, 0.15) is 28.8 Å². The van der Waals surface area contributed by atoms with Crippen LogP contribution in [0.4, 0.5) is 0 Å². The lowest BCUT2D eigenvalue weighted by Crippen LogP contribution is -2.34. The lowest BCUT2D eigenvalue weighted by atomic mass is 10.1. The largest absolute Gasteiger partial charge is 0.119 e. The lowest BCUT2D eigenvalue weighted by molar-refractivity contribution is 0.879. The van der Waals surface area contributed by atoms with E-state index >= 15 is 0 Å². The molecule has 4 aromatic carbocycles. The van der Waals surface area contributed by atoms with Gasteiger partial charge < -0.3 is 0 Å². The molecule has 0 bridgehead atoms. The maximum absolute atomic E-state index is 3.82. The fourth-order valence-electron chi connectivity index (χ4n) is 4.97. The van der Waals surface area contributed by atoms with E-state index in [0.717, 1.165) is 6.42 Å². The van der Waals surface area contributed by atoms with Crippen molar-refractivity contribution in [2.24, 2.45) is 0 Å². The first-order valence-electron chi connectivity index (χ1n) is 10.1. The van der Waals surface area contributed by atoms with E-state index in [1.54, 1.807) is 0 Å². The summed E-state index contributed by atoms with van der Waals surface area (Å²) in [5, 5.41) is 4.40. The van der Waals surface area contributed by atoms with Crippen molar-refractivity contribution in [2.75, 3.05) is 0 Å². The molecule has 5 rings (SSSR count). The molecule has 0 nitrogen and oxygen atoms in total. The van der Waals surface area contributed by atoms with Crippen molar-refractivity contribution in [3.63, 3.8) is 0 Å². The lowest BCUT2D eigenvalue weighted by Gasteiger charge is -2.33. The maximum Gasteiger partial charge on any atom is 0.119 e. The highest BCUT2D eigenvalue weighted by Crippen LogP contribution is 2.70. The van der Waals surface area contributed by atoms with E-state index in [2.05, 4.69) is 125 Å². The van der Waals surface area contributed by atoms with Gasteiger partial charge in [-0.25, -0.2) is 0 Å². The third-order valence-electron chi connectivity index (χ3n) is 6.14. The summed E-state index contributed by atoms with van der Waals surface area (Å²) >= 11 is 3.82. The van der Waals surface area contributed by atoms with Crippen LogP contribution in [0.2, 0.25) is 0 Å². The van der Waals surface area contributed by atoms with Gasteiger partial charge >= 0.3 is 0 Å². The number of hydrogen-bond donors (Lipinski definition) is 0. The van der Waals surface area contributed by atoms with Crippen LogP contribution in [0.25, 0.3) is 0 Å².